The number of carboxylic acids is 1. The number of halogens is 1. The lowest BCUT2D eigenvalue weighted by Gasteiger charge is -2.04. The van der Waals surface area contributed by atoms with Crippen molar-refractivity contribution in [3.63, 3.8) is 0 Å². The zero-order chi connectivity index (χ0) is 13.3. The van der Waals surface area contributed by atoms with E-state index in [2.05, 4.69) is 20.9 Å². The van der Waals surface area contributed by atoms with E-state index >= 15 is 0 Å². The van der Waals surface area contributed by atoms with E-state index in [1.807, 2.05) is 24.3 Å². The van der Waals surface area contributed by atoms with Crippen LogP contribution in [0.1, 0.15) is 21.7 Å². The molecule has 0 unspecified atom stereocenters. The van der Waals surface area contributed by atoms with Crippen LogP contribution >= 0.6 is 15.9 Å². The highest BCUT2D eigenvalue weighted by molar-refractivity contribution is 9.10. The molecule has 94 valence electrons. The minimum absolute atomic E-state index is 0.0533. The predicted octanol–water partition coefficient (Wildman–Crippen LogP) is 1.76. The third kappa shape index (κ3) is 2.38. The number of hydrogen-bond acceptors (Lipinski definition) is 2. The van der Waals surface area contributed by atoms with Crippen molar-refractivity contribution in [1.29, 1.82) is 0 Å². The van der Waals surface area contributed by atoms with Gasteiger partial charge in [-0.2, -0.15) is 0 Å². The van der Waals surface area contributed by atoms with Crippen molar-refractivity contribution in [1.82, 2.24) is 9.55 Å². The Bertz CT molecular complexity index is 658. The van der Waals surface area contributed by atoms with Crippen LogP contribution in [-0.4, -0.2) is 20.6 Å². The van der Waals surface area contributed by atoms with E-state index in [4.69, 9.17) is 5.11 Å². The number of imidazole rings is 1. The summed E-state index contributed by atoms with van der Waals surface area (Å²) in [5, 5.41) is 9.04. The third-order valence-electron chi connectivity index (χ3n) is 2.70. The molecular formula is C12H11BrN2O3. The predicted molar refractivity (Wildman–Crippen MR) is 69.9 cm³/mol. The number of carbonyl (C=O) groups is 1. The summed E-state index contributed by atoms with van der Waals surface area (Å²) in [6, 6.07) is 7.53. The smallest absolute Gasteiger partial charge is 0.354 e. The van der Waals surface area contributed by atoms with Crippen LogP contribution in [0.15, 0.2) is 33.5 Å². The molecule has 0 amide bonds. The lowest BCUT2D eigenvalue weighted by Crippen LogP contribution is -2.14. The molecule has 1 aromatic carbocycles. The van der Waals surface area contributed by atoms with Crippen molar-refractivity contribution in [3.8, 4) is 0 Å². The highest BCUT2D eigenvalue weighted by atomic mass is 79.9. The van der Waals surface area contributed by atoms with Crippen LogP contribution in [0, 0.1) is 0 Å². The fourth-order valence-corrected chi connectivity index (χ4v) is 2.22. The van der Waals surface area contributed by atoms with Gasteiger partial charge in [-0.05, 0) is 17.7 Å². The molecular weight excluding hydrogens is 300 g/mol. The maximum atomic E-state index is 11.5. The van der Waals surface area contributed by atoms with E-state index in [1.165, 1.54) is 4.57 Å². The van der Waals surface area contributed by atoms with Gasteiger partial charge < -0.3 is 5.11 Å². The standard InChI is InChI=1S/C12H11BrN2O3/c1-15-9(10(11(16)17)14-12(15)18)6-7-3-2-4-8(13)5-7/h2-5H,6H2,1H3,(H,14,18)(H,16,17). The summed E-state index contributed by atoms with van der Waals surface area (Å²) in [5.74, 6) is -1.13. The molecule has 0 aliphatic heterocycles. The fourth-order valence-electron chi connectivity index (χ4n) is 1.78. The number of aromatic amines is 1. The normalized spacial score (nSPS) is 10.6. The summed E-state index contributed by atoms with van der Waals surface area (Å²) in [6.45, 7) is 0. The average molecular weight is 311 g/mol. The Hall–Kier alpha value is -1.82. The van der Waals surface area contributed by atoms with Crippen LogP contribution in [0.25, 0.3) is 0 Å². The number of benzene rings is 1. The molecule has 0 radical (unpaired) electrons. The van der Waals surface area contributed by atoms with Gasteiger partial charge >= 0.3 is 11.7 Å². The second-order valence-corrected chi connectivity index (χ2v) is 4.84. The molecule has 1 aromatic heterocycles. The van der Waals surface area contributed by atoms with Gasteiger partial charge in [-0.3, -0.25) is 9.55 Å². The number of aromatic nitrogens is 2. The number of rotatable bonds is 3. The van der Waals surface area contributed by atoms with E-state index in [0.717, 1.165) is 10.0 Å². The lowest BCUT2D eigenvalue weighted by molar-refractivity contribution is 0.0689. The van der Waals surface area contributed by atoms with Crippen molar-refractivity contribution in [2.75, 3.05) is 0 Å². The molecule has 5 nitrogen and oxygen atoms in total. The summed E-state index contributed by atoms with van der Waals surface area (Å²) in [5.41, 5.74) is 0.923. The highest BCUT2D eigenvalue weighted by Crippen LogP contribution is 2.16. The molecule has 2 N–H and O–H groups in total. The quantitative estimate of drug-likeness (QED) is 0.907. The van der Waals surface area contributed by atoms with E-state index < -0.39 is 11.7 Å². The SMILES string of the molecule is Cn1c(Cc2cccc(Br)c2)c(C(=O)O)[nH]c1=O. The Morgan fingerprint density at radius 1 is 1.50 bits per heavy atom. The van der Waals surface area contributed by atoms with Crippen LogP contribution < -0.4 is 5.69 Å². The molecule has 2 rings (SSSR count). The Morgan fingerprint density at radius 3 is 2.83 bits per heavy atom. The van der Waals surface area contributed by atoms with Gasteiger partial charge in [-0.1, -0.05) is 28.1 Å². The van der Waals surface area contributed by atoms with Crippen molar-refractivity contribution in [3.05, 3.63) is 56.2 Å². The second kappa shape index (κ2) is 4.81. The first-order valence-electron chi connectivity index (χ1n) is 5.24. The van der Waals surface area contributed by atoms with Crippen LogP contribution in [0.3, 0.4) is 0 Å². The van der Waals surface area contributed by atoms with Gasteiger partial charge in [0.2, 0.25) is 0 Å². The average Bonchev–Trinajstić information content (AvgIpc) is 2.57. The maximum Gasteiger partial charge on any atom is 0.354 e. The first-order chi connectivity index (χ1) is 8.49. The number of aromatic carboxylic acids is 1. The van der Waals surface area contributed by atoms with Gasteiger partial charge in [0.15, 0.2) is 0 Å². The minimum Gasteiger partial charge on any atom is -0.477 e. The number of H-pyrrole nitrogens is 1. The van der Waals surface area contributed by atoms with Gasteiger partial charge in [0, 0.05) is 17.9 Å². The van der Waals surface area contributed by atoms with Crippen molar-refractivity contribution >= 4 is 21.9 Å². The molecule has 18 heavy (non-hydrogen) atoms. The van der Waals surface area contributed by atoms with Crippen LogP contribution in [-0.2, 0) is 13.5 Å². The Labute approximate surface area is 111 Å². The molecule has 0 aliphatic rings. The molecule has 1 heterocycles. The summed E-state index contributed by atoms with van der Waals surface area (Å²) in [7, 11) is 1.55. The largest absolute Gasteiger partial charge is 0.477 e. The van der Waals surface area contributed by atoms with E-state index in [9.17, 15) is 9.59 Å². The maximum absolute atomic E-state index is 11.5. The first-order valence-corrected chi connectivity index (χ1v) is 6.04. The molecule has 6 heteroatoms. The Kier molecular flexibility index (Phi) is 3.38. The lowest BCUT2D eigenvalue weighted by atomic mass is 10.1. The van der Waals surface area contributed by atoms with Crippen LogP contribution in [0.4, 0.5) is 0 Å². The number of nitrogens with zero attached hydrogens (tertiary/aromatic N) is 1. The fraction of sp³-hybridized carbons (Fsp3) is 0.167. The zero-order valence-corrected chi connectivity index (χ0v) is 11.2. The van der Waals surface area contributed by atoms with Crippen LogP contribution in [0.5, 0.6) is 0 Å². The number of hydrogen-bond donors (Lipinski definition) is 2. The first kappa shape index (κ1) is 12.6. The second-order valence-electron chi connectivity index (χ2n) is 3.92. The monoisotopic (exact) mass is 310 g/mol. The topological polar surface area (TPSA) is 75.1 Å². The minimum atomic E-state index is -1.13. The number of nitrogens with one attached hydrogen (secondary N) is 1. The van der Waals surface area contributed by atoms with Crippen molar-refractivity contribution < 1.29 is 9.90 Å². The molecule has 0 spiro atoms. The molecule has 0 saturated carbocycles. The van der Waals surface area contributed by atoms with Gasteiger partial charge in [-0.25, -0.2) is 9.59 Å². The molecule has 0 bridgehead atoms. The van der Waals surface area contributed by atoms with Crippen molar-refractivity contribution in [2.24, 2.45) is 7.05 Å². The zero-order valence-electron chi connectivity index (χ0n) is 9.61. The van der Waals surface area contributed by atoms with Gasteiger partial charge in [0.25, 0.3) is 0 Å². The molecule has 0 saturated heterocycles. The van der Waals surface area contributed by atoms with Gasteiger partial charge in [0.05, 0.1) is 5.69 Å². The molecule has 0 atom stereocenters. The van der Waals surface area contributed by atoms with Gasteiger partial charge in [-0.15, -0.1) is 0 Å². The highest BCUT2D eigenvalue weighted by Gasteiger charge is 2.17. The van der Waals surface area contributed by atoms with Crippen LogP contribution in [0.2, 0.25) is 0 Å². The van der Waals surface area contributed by atoms with Gasteiger partial charge in [0.1, 0.15) is 5.69 Å². The summed E-state index contributed by atoms with van der Waals surface area (Å²) in [4.78, 5) is 24.9. The Balaban J connectivity index is 2.46. The summed E-state index contributed by atoms with van der Waals surface area (Å²) in [6.07, 6.45) is 0.385. The summed E-state index contributed by atoms with van der Waals surface area (Å²) >= 11 is 3.35. The van der Waals surface area contributed by atoms with E-state index in [-0.39, 0.29) is 5.69 Å². The summed E-state index contributed by atoms with van der Waals surface area (Å²) < 4.78 is 2.24. The molecule has 0 fully saturated rings. The third-order valence-corrected chi connectivity index (χ3v) is 3.20. The Morgan fingerprint density at radius 2 is 2.22 bits per heavy atom. The van der Waals surface area contributed by atoms with E-state index in [1.54, 1.807) is 7.05 Å². The number of carboxylic acid groups (broad SMARTS) is 1. The van der Waals surface area contributed by atoms with E-state index in [0.29, 0.717) is 12.1 Å². The molecule has 2 aromatic rings. The van der Waals surface area contributed by atoms with Crippen molar-refractivity contribution in [2.45, 2.75) is 6.42 Å². The molecule has 0 aliphatic carbocycles.